The van der Waals surface area contributed by atoms with E-state index in [1.165, 1.54) is 24.3 Å². The van der Waals surface area contributed by atoms with Crippen molar-refractivity contribution < 1.29 is 29.8 Å². The average Bonchev–Trinajstić information content (AvgIpc) is 3.32. The topological polar surface area (TPSA) is 139 Å². The lowest BCUT2D eigenvalue weighted by Crippen LogP contribution is -2.53. The highest BCUT2D eigenvalue weighted by atomic mass is 16.5. The highest BCUT2D eigenvalue weighted by Crippen LogP contribution is 2.43. The number of carboxylic acid groups (broad SMARTS) is 1. The Morgan fingerprint density at radius 1 is 0.872 bits per heavy atom. The molecule has 2 radical (unpaired) electrons. The van der Waals surface area contributed by atoms with Gasteiger partial charge < -0.3 is 24.9 Å². The second-order valence-electron chi connectivity index (χ2n) is 11.9. The molecule has 0 bridgehead atoms. The van der Waals surface area contributed by atoms with E-state index in [1.807, 2.05) is 36.2 Å². The number of rotatable bonds is 3. The van der Waals surface area contributed by atoms with Crippen LogP contribution in [-0.4, -0.2) is 77.0 Å². The third-order valence-corrected chi connectivity index (χ3v) is 8.79. The molecule has 0 spiro atoms. The molecule has 0 atom stereocenters. The molecular formula is C27H38N6O6. The largest absolute Gasteiger partial charge is 0.714 e. The summed E-state index contributed by atoms with van der Waals surface area (Å²) in [5.74, 6) is -0.480. The van der Waals surface area contributed by atoms with Crippen LogP contribution in [0.4, 0.5) is 0 Å². The molecule has 3 heterocycles. The zero-order chi connectivity index (χ0) is 29.9. The van der Waals surface area contributed by atoms with Crippen LogP contribution in [0.1, 0.15) is 78.2 Å². The fourth-order valence-corrected chi connectivity index (χ4v) is 4.46. The molecule has 212 valence electrons. The van der Waals surface area contributed by atoms with Crippen LogP contribution in [0.15, 0.2) is 48.3 Å². The van der Waals surface area contributed by atoms with Crippen molar-refractivity contribution in [3.63, 3.8) is 0 Å². The monoisotopic (exact) mass is 542 g/mol. The zero-order valence-corrected chi connectivity index (χ0v) is 24.3. The number of nitroso groups, excluding NO2 is 1. The van der Waals surface area contributed by atoms with Crippen LogP contribution < -0.4 is 5.11 Å². The van der Waals surface area contributed by atoms with Gasteiger partial charge in [0.1, 0.15) is 5.54 Å². The number of aromatic carboxylic acids is 1. The summed E-state index contributed by atoms with van der Waals surface area (Å²) in [5, 5.41) is 49.6. The fraction of sp³-hybridized carbons (Fsp3) is 0.556. The SMILES string of the molecule is CC1(C)N([O])C(c2ccc(C(=O)[O-])cc2)=[N+]([O-])C1(C)C.CCN1C=CN(C)/C1=C1/N([O])C(C)(C)C(C)(C)[N+]1=O. The van der Waals surface area contributed by atoms with Crippen LogP contribution >= 0.6 is 0 Å². The summed E-state index contributed by atoms with van der Waals surface area (Å²) in [4.78, 5) is 27.0. The summed E-state index contributed by atoms with van der Waals surface area (Å²) in [6.07, 6.45) is 3.73. The molecule has 0 saturated carbocycles. The van der Waals surface area contributed by atoms with E-state index in [9.17, 15) is 30.4 Å². The number of benzene rings is 1. The second kappa shape index (κ2) is 9.53. The van der Waals surface area contributed by atoms with Crippen molar-refractivity contribution in [1.29, 1.82) is 0 Å². The van der Waals surface area contributed by atoms with Gasteiger partial charge in [0.05, 0.1) is 11.5 Å². The Morgan fingerprint density at radius 3 is 1.77 bits per heavy atom. The molecular weight excluding hydrogens is 504 g/mol. The average molecular weight is 543 g/mol. The lowest BCUT2D eigenvalue weighted by atomic mass is 9.84. The van der Waals surface area contributed by atoms with Crippen molar-refractivity contribution in [2.24, 2.45) is 0 Å². The molecule has 1 aromatic rings. The van der Waals surface area contributed by atoms with Gasteiger partial charge in [0.15, 0.2) is 16.6 Å². The van der Waals surface area contributed by atoms with E-state index < -0.39 is 28.1 Å². The van der Waals surface area contributed by atoms with Gasteiger partial charge in [-0.3, -0.25) is 4.74 Å². The predicted molar refractivity (Wildman–Crippen MR) is 140 cm³/mol. The number of hydrogen-bond acceptors (Lipinski definition) is 8. The summed E-state index contributed by atoms with van der Waals surface area (Å²) in [5.41, 5.74) is -2.95. The third kappa shape index (κ3) is 4.31. The first kappa shape index (κ1) is 29.9. The minimum Gasteiger partial charge on any atom is -0.714 e. The molecule has 0 unspecified atom stereocenters. The van der Waals surface area contributed by atoms with Gasteiger partial charge in [0, 0.05) is 36.4 Å². The smallest absolute Gasteiger partial charge is 0.391 e. The number of hydroxylamine groups is 5. The molecule has 0 amide bonds. The highest BCUT2D eigenvalue weighted by molar-refractivity contribution is 5.97. The van der Waals surface area contributed by atoms with Crippen LogP contribution in [0.2, 0.25) is 0 Å². The minimum atomic E-state index is -1.30. The number of amidine groups is 1. The summed E-state index contributed by atoms with van der Waals surface area (Å²) in [6, 6.07) is 5.51. The Kier molecular flexibility index (Phi) is 7.30. The predicted octanol–water partition coefficient (Wildman–Crippen LogP) is 2.37. The van der Waals surface area contributed by atoms with Crippen LogP contribution in [0.25, 0.3) is 0 Å². The van der Waals surface area contributed by atoms with Gasteiger partial charge in [-0.15, -0.1) is 0 Å². The highest BCUT2D eigenvalue weighted by Gasteiger charge is 2.67. The Balaban J connectivity index is 0.000000216. The maximum atomic E-state index is 12.6. The maximum Gasteiger partial charge on any atom is 0.391 e. The summed E-state index contributed by atoms with van der Waals surface area (Å²) in [7, 11) is 1.84. The third-order valence-electron chi connectivity index (χ3n) is 8.79. The van der Waals surface area contributed by atoms with Gasteiger partial charge in [-0.2, -0.15) is 0 Å². The fourth-order valence-electron chi connectivity index (χ4n) is 4.46. The maximum absolute atomic E-state index is 12.6. The van der Waals surface area contributed by atoms with Gasteiger partial charge in [-0.25, -0.2) is 0 Å². The summed E-state index contributed by atoms with van der Waals surface area (Å²) < 4.78 is 1.54. The zero-order valence-electron chi connectivity index (χ0n) is 24.3. The first-order chi connectivity index (χ1) is 17.8. The quantitative estimate of drug-likeness (QED) is 0.419. The van der Waals surface area contributed by atoms with E-state index in [-0.39, 0.29) is 17.2 Å². The molecule has 39 heavy (non-hydrogen) atoms. The summed E-state index contributed by atoms with van der Waals surface area (Å²) >= 11 is 0. The van der Waals surface area contributed by atoms with Crippen molar-refractivity contribution in [1.82, 2.24) is 19.9 Å². The molecule has 0 N–H and O–H groups in total. The Morgan fingerprint density at radius 2 is 1.38 bits per heavy atom. The molecule has 4 rings (SSSR count). The van der Waals surface area contributed by atoms with Crippen LogP contribution in [0.5, 0.6) is 0 Å². The van der Waals surface area contributed by atoms with Crippen LogP contribution in [0, 0.1) is 10.1 Å². The molecule has 0 aliphatic carbocycles. The van der Waals surface area contributed by atoms with E-state index >= 15 is 0 Å². The van der Waals surface area contributed by atoms with Crippen LogP contribution in [0.3, 0.4) is 0 Å². The molecule has 1 aromatic carbocycles. The van der Waals surface area contributed by atoms with Crippen molar-refractivity contribution >= 4 is 11.8 Å². The molecule has 0 aromatic heterocycles. The molecule has 3 aliphatic rings. The first-order valence-electron chi connectivity index (χ1n) is 12.8. The van der Waals surface area contributed by atoms with E-state index in [1.54, 1.807) is 55.4 Å². The van der Waals surface area contributed by atoms with Gasteiger partial charge in [0.2, 0.25) is 5.82 Å². The number of hydrogen-bond donors (Lipinski definition) is 0. The number of nitrogens with zero attached hydrogens (tertiary/aromatic N) is 6. The van der Waals surface area contributed by atoms with Crippen molar-refractivity contribution in [2.75, 3.05) is 13.6 Å². The lowest BCUT2D eigenvalue weighted by Gasteiger charge is -2.32. The minimum absolute atomic E-state index is 0.000709. The van der Waals surface area contributed by atoms with E-state index in [4.69, 9.17) is 0 Å². The normalized spacial score (nSPS) is 24.5. The van der Waals surface area contributed by atoms with E-state index in [0.29, 0.717) is 27.7 Å². The van der Waals surface area contributed by atoms with Crippen molar-refractivity contribution in [3.05, 3.63) is 69.5 Å². The molecule has 3 aliphatic heterocycles. The van der Waals surface area contributed by atoms with Crippen LogP contribution in [-0.2, 0) is 10.4 Å². The van der Waals surface area contributed by atoms with E-state index in [0.717, 1.165) is 9.82 Å². The molecule has 1 saturated heterocycles. The lowest BCUT2D eigenvalue weighted by molar-refractivity contribution is -0.570. The molecule has 1 fully saturated rings. The molecule has 12 nitrogen and oxygen atoms in total. The second-order valence-corrected chi connectivity index (χ2v) is 11.9. The number of carbonyl (C=O) groups excluding carboxylic acids is 1. The Bertz CT molecular complexity index is 1260. The van der Waals surface area contributed by atoms with E-state index in [2.05, 4.69) is 0 Å². The number of carbonyl (C=O) groups is 1. The van der Waals surface area contributed by atoms with Gasteiger partial charge in [-0.05, 0) is 84.8 Å². The Hall–Kier alpha value is -3.64. The first-order valence-corrected chi connectivity index (χ1v) is 12.8. The summed E-state index contributed by atoms with van der Waals surface area (Å²) in [6.45, 7) is 16.7. The molecule has 12 heteroatoms. The van der Waals surface area contributed by atoms with Gasteiger partial charge in [0.25, 0.3) is 0 Å². The van der Waals surface area contributed by atoms with Crippen molar-refractivity contribution in [2.45, 2.75) is 84.5 Å². The van der Waals surface area contributed by atoms with Crippen molar-refractivity contribution in [3.8, 4) is 0 Å². The Labute approximate surface area is 229 Å². The number of carboxylic acids is 1. The standard InChI is InChI=1S/C14H17N2O4.C13H22N4O2/c1-13(2)14(3,4)16(20)11(15(13)19)9-5-7-10(8-6-9)12(17)18;1-7-15-9-8-14(6)10(15)11-16(18)12(2,3)13(4,5)17(11)19/h5-8H,1-4H3,(H,17,18);8-9H,7H2,1-6H3/q;+1/p-1. The van der Waals surface area contributed by atoms with Gasteiger partial charge in [-0.1, -0.05) is 27.2 Å². The van der Waals surface area contributed by atoms with Gasteiger partial charge >= 0.3 is 11.7 Å².